The molecule has 0 aromatic heterocycles. The standard InChI is InChI=1S/C20H18N4O2/c1-4-26-20(25)17-13(3)24-19(15(9-21)10-22)16(11-23)18(17)14-7-5-12(2)6-8-14/h5-8,16,18,24H,4H2,1-3H3/t16-,18-/m0/s1. The third-order valence-corrected chi connectivity index (χ3v) is 4.25. The average Bonchev–Trinajstić information content (AvgIpc) is 2.63. The zero-order valence-electron chi connectivity index (χ0n) is 14.8. The van der Waals surface area contributed by atoms with Gasteiger partial charge in [-0.2, -0.15) is 15.8 Å². The minimum absolute atomic E-state index is 0.170. The van der Waals surface area contributed by atoms with Gasteiger partial charge < -0.3 is 10.1 Å². The molecule has 0 saturated carbocycles. The lowest BCUT2D eigenvalue weighted by Crippen LogP contribution is -2.35. The smallest absolute Gasteiger partial charge is 0.336 e. The molecular weight excluding hydrogens is 328 g/mol. The third kappa shape index (κ3) is 3.43. The van der Waals surface area contributed by atoms with Crippen LogP contribution in [-0.2, 0) is 9.53 Å². The number of nitrogens with zero attached hydrogens (tertiary/aromatic N) is 3. The Labute approximate surface area is 152 Å². The van der Waals surface area contributed by atoms with Crippen LogP contribution >= 0.6 is 0 Å². The van der Waals surface area contributed by atoms with E-state index in [2.05, 4.69) is 11.4 Å². The molecule has 0 amide bonds. The van der Waals surface area contributed by atoms with Crippen LogP contribution in [0.3, 0.4) is 0 Å². The lowest BCUT2D eigenvalue weighted by Gasteiger charge is -2.33. The average molecular weight is 346 g/mol. The number of benzene rings is 1. The van der Waals surface area contributed by atoms with Gasteiger partial charge in [-0.05, 0) is 26.3 Å². The minimum Gasteiger partial charge on any atom is -0.463 e. The fraction of sp³-hybridized carbons (Fsp3) is 0.300. The number of allylic oxidation sites excluding steroid dienone is 3. The Morgan fingerprint density at radius 1 is 1.15 bits per heavy atom. The van der Waals surface area contributed by atoms with E-state index in [1.54, 1.807) is 13.8 Å². The van der Waals surface area contributed by atoms with Gasteiger partial charge in [0.2, 0.25) is 0 Å². The maximum atomic E-state index is 12.6. The van der Waals surface area contributed by atoms with E-state index >= 15 is 0 Å². The molecule has 0 fully saturated rings. The summed E-state index contributed by atoms with van der Waals surface area (Å²) >= 11 is 0. The number of hydrogen-bond acceptors (Lipinski definition) is 6. The van der Waals surface area contributed by atoms with Gasteiger partial charge in [-0.15, -0.1) is 0 Å². The molecular formula is C20H18N4O2. The topological polar surface area (TPSA) is 110 Å². The highest BCUT2D eigenvalue weighted by atomic mass is 16.5. The van der Waals surface area contributed by atoms with Crippen LogP contribution in [0.2, 0.25) is 0 Å². The first-order valence-electron chi connectivity index (χ1n) is 8.13. The van der Waals surface area contributed by atoms with Crippen LogP contribution in [0.25, 0.3) is 0 Å². The van der Waals surface area contributed by atoms with Crippen molar-refractivity contribution in [2.75, 3.05) is 6.61 Å². The molecule has 1 aliphatic rings. The molecule has 6 heteroatoms. The van der Waals surface area contributed by atoms with Gasteiger partial charge >= 0.3 is 5.97 Å². The molecule has 0 aliphatic carbocycles. The summed E-state index contributed by atoms with van der Waals surface area (Å²) in [5.74, 6) is -2.03. The van der Waals surface area contributed by atoms with Gasteiger partial charge in [0.1, 0.15) is 17.7 Å². The van der Waals surface area contributed by atoms with Crippen LogP contribution in [0.4, 0.5) is 0 Å². The Hall–Kier alpha value is -3.56. The predicted octanol–water partition coefficient (Wildman–Crippen LogP) is 2.96. The highest BCUT2D eigenvalue weighted by Gasteiger charge is 2.40. The number of ether oxygens (including phenoxy) is 1. The second-order valence-corrected chi connectivity index (χ2v) is 5.89. The van der Waals surface area contributed by atoms with Crippen molar-refractivity contribution in [2.24, 2.45) is 5.92 Å². The molecule has 0 unspecified atom stereocenters. The highest BCUT2D eigenvalue weighted by molar-refractivity contribution is 5.92. The Balaban J connectivity index is 2.75. The van der Waals surface area contributed by atoms with Crippen LogP contribution in [0.5, 0.6) is 0 Å². The second kappa shape index (κ2) is 8.01. The molecule has 0 saturated heterocycles. The van der Waals surface area contributed by atoms with Gasteiger partial charge in [-0.25, -0.2) is 4.79 Å². The van der Waals surface area contributed by atoms with Gasteiger partial charge in [-0.1, -0.05) is 29.8 Å². The van der Waals surface area contributed by atoms with Crippen molar-refractivity contribution in [1.82, 2.24) is 5.32 Å². The Morgan fingerprint density at radius 3 is 2.27 bits per heavy atom. The van der Waals surface area contributed by atoms with Gasteiger partial charge in [0, 0.05) is 11.6 Å². The van der Waals surface area contributed by atoms with Crippen LogP contribution in [-0.4, -0.2) is 12.6 Å². The fourth-order valence-corrected chi connectivity index (χ4v) is 3.04. The normalized spacial score (nSPS) is 18.8. The molecule has 1 heterocycles. The van der Waals surface area contributed by atoms with E-state index in [0.29, 0.717) is 11.3 Å². The van der Waals surface area contributed by atoms with Crippen LogP contribution in [0.1, 0.15) is 30.9 Å². The third-order valence-electron chi connectivity index (χ3n) is 4.25. The van der Waals surface area contributed by atoms with E-state index in [-0.39, 0.29) is 17.9 Å². The summed E-state index contributed by atoms with van der Waals surface area (Å²) in [6, 6.07) is 13.3. The molecule has 2 atom stereocenters. The number of carbonyl (C=O) groups is 1. The SMILES string of the molecule is CCOC(=O)C1=C(C)NC(=C(C#N)C#N)[C@@H](C#N)[C@@H]1c1ccc(C)cc1. The molecule has 0 bridgehead atoms. The quantitative estimate of drug-likeness (QED) is 0.665. The van der Waals surface area contributed by atoms with Crippen LogP contribution in [0.15, 0.2) is 46.8 Å². The maximum absolute atomic E-state index is 12.6. The van der Waals surface area contributed by atoms with Crippen molar-refractivity contribution in [1.29, 1.82) is 15.8 Å². The number of rotatable bonds is 3. The Morgan fingerprint density at radius 2 is 1.77 bits per heavy atom. The lowest BCUT2D eigenvalue weighted by molar-refractivity contribution is -0.139. The summed E-state index contributed by atoms with van der Waals surface area (Å²) in [7, 11) is 0. The summed E-state index contributed by atoms with van der Waals surface area (Å²) in [6.45, 7) is 5.53. The first-order chi connectivity index (χ1) is 12.5. The van der Waals surface area contributed by atoms with E-state index in [1.165, 1.54) is 0 Å². The predicted molar refractivity (Wildman–Crippen MR) is 93.7 cm³/mol. The van der Waals surface area contributed by atoms with E-state index < -0.39 is 17.8 Å². The molecule has 6 nitrogen and oxygen atoms in total. The summed E-state index contributed by atoms with van der Waals surface area (Å²) in [5, 5.41) is 31.2. The Kier molecular flexibility index (Phi) is 5.78. The van der Waals surface area contributed by atoms with Gasteiger partial charge in [0.15, 0.2) is 0 Å². The number of nitriles is 3. The summed E-state index contributed by atoms with van der Waals surface area (Å²) in [5.41, 5.74) is 2.64. The fourth-order valence-electron chi connectivity index (χ4n) is 3.04. The van der Waals surface area contributed by atoms with Crippen LogP contribution in [0, 0.1) is 46.8 Å². The van der Waals surface area contributed by atoms with Crippen molar-refractivity contribution in [3.05, 3.63) is 57.9 Å². The molecule has 1 aromatic rings. The molecule has 0 radical (unpaired) electrons. The minimum atomic E-state index is -0.880. The number of hydrogen-bond donors (Lipinski definition) is 1. The largest absolute Gasteiger partial charge is 0.463 e. The van der Waals surface area contributed by atoms with E-state index in [0.717, 1.165) is 11.1 Å². The van der Waals surface area contributed by atoms with Crippen molar-refractivity contribution in [2.45, 2.75) is 26.7 Å². The monoisotopic (exact) mass is 346 g/mol. The molecule has 1 aliphatic heterocycles. The van der Waals surface area contributed by atoms with E-state index in [9.17, 15) is 20.6 Å². The molecule has 130 valence electrons. The molecule has 2 rings (SSSR count). The van der Waals surface area contributed by atoms with Crippen LogP contribution < -0.4 is 5.32 Å². The zero-order valence-corrected chi connectivity index (χ0v) is 14.8. The molecule has 1 aromatic carbocycles. The lowest BCUT2D eigenvalue weighted by atomic mass is 9.75. The number of nitrogens with one attached hydrogen (secondary N) is 1. The van der Waals surface area contributed by atoms with Crippen molar-refractivity contribution < 1.29 is 9.53 Å². The van der Waals surface area contributed by atoms with Gasteiger partial charge in [0.25, 0.3) is 0 Å². The molecule has 26 heavy (non-hydrogen) atoms. The van der Waals surface area contributed by atoms with E-state index in [1.807, 2.05) is 43.3 Å². The number of aryl methyl sites for hydroxylation is 1. The van der Waals surface area contributed by atoms with Crippen molar-refractivity contribution in [3.63, 3.8) is 0 Å². The maximum Gasteiger partial charge on any atom is 0.336 e. The second-order valence-electron chi connectivity index (χ2n) is 5.89. The summed E-state index contributed by atoms with van der Waals surface area (Å²) in [4.78, 5) is 12.6. The highest BCUT2D eigenvalue weighted by Crippen LogP contribution is 2.41. The molecule has 1 N–H and O–H groups in total. The summed E-state index contributed by atoms with van der Waals surface area (Å²) in [6.07, 6.45) is 0. The summed E-state index contributed by atoms with van der Waals surface area (Å²) < 4.78 is 5.18. The number of carbonyl (C=O) groups excluding carboxylic acids is 1. The van der Waals surface area contributed by atoms with Crippen molar-refractivity contribution >= 4 is 5.97 Å². The number of esters is 1. The van der Waals surface area contributed by atoms with Gasteiger partial charge in [-0.3, -0.25) is 0 Å². The Bertz CT molecular complexity index is 889. The van der Waals surface area contributed by atoms with E-state index in [4.69, 9.17) is 4.74 Å². The van der Waals surface area contributed by atoms with Crippen molar-refractivity contribution in [3.8, 4) is 18.2 Å². The zero-order chi connectivity index (χ0) is 19.3. The first-order valence-corrected chi connectivity index (χ1v) is 8.13. The molecule has 0 spiro atoms. The van der Waals surface area contributed by atoms with Gasteiger partial charge in [0.05, 0.1) is 29.9 Å². The first kappa shape index (κ1) is 18.8.